The molecule has 0 bridgehead atoms. The maximum atomic E-state index is 13.7. The number of fused-ring (bicyclic) bond motifs is 1. The standard InChI is InChI=1S/C17H17FN2O3S/c1-20-11-13(12-6-2-4-8-15(12)20)16(21)10-19-24(22,23)17-9-5-3-7-14(17)18/h2-9,11,16,19,21H,10H2,1H3/t16-/m1/s1. The number of hydrogen-bond acceptors (Lipinski definition) is 3. The van der Waals surface area contributed by atoms with Gasteiger partial charge in [-0.3, -0.25) is 0 Å². The summed E-state index contributed by atoms with van der Waals surface area (Å²) in [5, 5.41) is 11.2. The van der Waals surface area contributed by atoms with Gasteiger partial charge in [0.05, 0.1) is 6.10 Å². The van der Waals surface area contributed by atoms with Crippen LogP contribution in [-0.2, 0) is 17.1 Å². The van der Waals surface area contributed by atoms with Gasteiger partial charge in [-0.2, -0.15) is 0 Å². The highest BCUT2D eigenvalue weighted by molar-refractivity contribution is 7.89. The van der Waals surface area contributed by atoms with Gasteiger partial charge >= 0.3 is 0 Å². The SMILES string of the molecule is Cn1cc([C@H](O)CNS(=O)(=O)c2ccccc2F)c2ccccc21. The number of nitrogens with one attached hydrogen (secondary N) is 1. The number of aryl methyl sites for hydroxylation is 1. The Hall–Kier alpha value is -2.22. The van der Waals surface area contributed by atoms with Crippen molar-refractivity contribution in [1.82, 2.24) is 9.29 Å². The first-order valence-electron chi connectivity index (χ1n) is 7.36. The van der Waals surface area contributed by atoms with E-state index >= 15 is 0 Å². The van der Waals surface area contributed by atoms with Crippen LogP contribution in [-0.4, -0.2) is 24.6 Å². The highest BCUT2D eigenvalue weighted by Gasteiger charge is 2.21. The average Bonchev–Trinajstić information content (AvgIpc) is 2.90. The lowest BCUT2D eigenvalue weighted by Gasteiger charge is -2.12. The molecular formula is C17H17FN2O3S. The van der Waals surface area contributed by atoms with Crippen LogP contribution in [0.4, 0.5) is 4.39 Å². The molecule has 3 aromatic rings. The Morgan fingerprint density at radius 2 is 1.83 bits per heavy atom. The third-order valence-electron chi connectivity index (χ3n) is 3.88. The zero-order valence-corrected chi connectivity index (χ0v) is 13.8. The molecule has 0 radical (unpaired) electrons. The van der Waals surface area contributed by atoms with Gasteiger partial charge in [0.1, 0.15) is 10.7 Å². The Labute approximate surface area is 139 Å². The van der Waals surface area contributed by atoms with Crippen LogP contribution in [0.5, 0.6) is 0 Å². The number of para-hydroxylation sites is 1. The molecule has 0 aliphatic carbocycles. The second-order valence-corrected chi connectivity index (χ2v) is 7.25. The van der Waals surface area contributed by atoms with E-state index in [9.17, 15) is 17.9 Å². The summed E-state index contributed by atoms with van der Waals surface area (Å²) in [6.07, 6.45) is 0.713. The molecule has 0 unspecified atom stereocenters. The number of halogens is 1. The van der Waals surface area contributed by atoms with Crippen LogP contribution in [0, 0.1) is 5.82 Å². The van der Waals surface area contributed by atoms with Crippen molar-refractivity contribution in [3.05, 3.63) is 66.1 Å². The van der Waals surface area contributed by atoms with Gasteiger partial charge in [0.2, 0.25) is 10.0 Å². The molecule has 24 heavy (non-hydrogen) atoms. The summed E-state index contributed by atoms with van der Waals surface area (Å²) in [5.74, 6) is -0.829. The lowest BCUT2D eigenvalue weighted by Crippen LogP contribution is -2.29. The lowest BCUT2D eigenvalue weighted by molar-refractivity contribution is 0.183. The Morgan fingerprint density at radius 3 is 2.58 bits per heavy atom. The van der Waals surface area contributed by atoms with E-state index in [0.717, 1.165) is 17.0 Å². The van der Waals surface area contributed by atoms with Crippen molar-refractivity contribution in [2.24, 2.45) is 7.05 Å². The third kappa shape index (κ3) is 3.06. The largest absolute Gasteiger partial charge is 0.387 e. The van der Waals surface area contributed by atoms with Gasteiger partial charge in [0, 0.05) is 36.3 Å². The number of aromatic nitrogens is 1. The van der Waals surface area contributed by atoms with E-state index in [1.54, 1.807) is 6.20 Å². The molecule has 0 saturated carbocycles. The van der Waals surface area contributed by atoms with E-state index in [1.807, 2.05) is 35.9 Å². The Morgan fingerprint density at radius 1 is 1.17 bits per heavy atom. The topological polar surface area (TPSA) is 71.3 Å². The Balaban J connectivity index is 1.82. The molecule has 2 N–H and O–H groups in total. The van der Waals surface area contributed by atoms with E-state index in [1.165, 1.54) is 18.2 Å². The molecule has 5 nitrogen and oxygen atoms in total. The molecule has 0 spiro atoms. The minimum Gasteiger partial charge on any atom is -0.387 e. The van der Waals surface area contributed by atoms with Crippen molar-refractivity contribution in [1.29, 1.82) is 0 Å². The van der Waals surface area contributed by atoms with Crippen LogP contribution in [0.3, 0.4) is 0 Å². The lowest BCUT2D eigenvalue weighted by atomic mass is 10.1. The summed E-state index contributed by atoms with van der Waals surface area (Å²) in [6, 6.07) is 12.6. The number of hydrogen-bond donors (Lipinski definition) is 2. The molecule has 0 aliphatic heterocycles. The highest BCUT2D eigenvalue weighted by Crippen LogP contribution is 2.26. The second-order valence-electron chi connectivity index (χ2n) is 5.51. The molecule has 126 valence electrons. The predicted molar refractivity (Wildman–Crippen MR) is 89.5 cm³/mol. The summed E-state index contributed by atoms with van der Waals surface area (Å²) in [6.45, 7) is -0.245. The maximum absolute atomic E-state index is 13.7. The zero-order valence-electron chi connectivity index (χ0n) is 13.0. The highest BCUT2D eigenvalue weighted by atomic mass is 32.2. The van der Waals surface area contributed by atoms with Gasteiger partial charge in [-0.25, -0.2) is 17.5 Å². The summed E-state index contributed by atoms with van der Waals surface area (Å²) in [7, 11) is -2.18. The molecular weight excluding hydrogens is 331 g/mol. The van der Waals surface area contributed by atoms with Gasteiger partial charge < -0.3 is 9.67 Å². The predicted octanol–water partition coefficient (Wildman–Crippen LogP) is 2.33. The quantitative estimate of drug-likeness (QED) is 0.743. The number of aliphatic hydroxyl groups excluding tert-OH is 1. The van der Waals surface area contributed by atoms with Gasteiger partial charge in [-0.1, -0.05) is 30.3 Å². The molecule has 0 saturated heterocycles. The smallest absolute Gasteiger partial charge is 0.243 e. The minimum atomic E-state index is -4.03. The van der Waals surface area contributed by atoms with Crippen LogP contribution >= 0.6 is 0 Å². The van der Waals surface area contributed by atoms with Gasteiger partial charge in [-0.15, -0.1) is 0 Å². The molecule has 0 fully saturated rings. The first kappa shape index (κ1) is 16.6. The fourth-order valence-electron chi connectivity index (χ4n) is 2.68. The first-order valence-corrected chi connectivity index (χ1v) is 8.84. The van der Waals surface area contributed by atoms with E-state index in [0.29, 0.717) is 5.56 Å². The third-order valence-corrected chi connectivity index (χ3v) is 5.34. The average molecular weight is 348 g/mol. The Kier molecular flexibility index (Phi) is 4.40. The molecule has 1 atom stereocenters. The molecule has 0 aliphatic rings. The van der Waals surface area contributed by atoms with E-state index in [2.05, 4.69) is 4.72 Å². The van der Waals surface area contributed by atoms with E-state index in [4.69, 9.17) is 0 Å². The maximum Gasteiger partial charge on any atom is 0.243 e. The van der Waals surface area contributed by atoms with Crippen molar-refractivity contribution in [3.8, 4) is 0 Å². The molecule has 3 rings (SSSR count). The summed E-state index contributed by atoms with van der Waals surface area (Å²) < 4.78 is 42.2. The normalized spacial score (nSPS) is 13.3. The van der Waals surface area contributed by atoms with Crippen LogP contribution in [0.2, 0.25) is 0 Å². The van der Waals surface area contributed by atoms with Gasteiger partial charge in [0.15, 0.2) is 0 Å². The van der Waals surface area contributed by atoms with Crippen molar-refractivity contribution >= 4 is 20.9 Å². The summed E-state index contributed by atoms with van der Waals surface area (Å²) in [4.78, 5) is -0.435. The number of aliphatic hydroxyl groups is 1. The van der Waals surface area contributed by atoms with Crippen LogP contribution < -0.4 is 4.72 Å². The van der Waals surface area contributed by atoms with E-state index in [-0.39, 0.29) is 6.54 Å². The van der Waals surface area contributed by atoms with E-state index < -0.39 is 26.8 Å². The van der Waals surface area contributed by atoms with Crippen molar-refractivity contribution < 1.29 is 17.9 Å². The number of benzene rings is 2. The molecule has 1 aromatic heterocycles. The molecule has 0 amide bonds. The van der Waals surface area contributed by atoms with Crippen molar-refractivity contribution in [2.75, 3.05) is 6.54 Å². The van der Waals surface area contributed by atoms with Crippen LogP contribution in [0.25, 0.3) is 10.9 Å². The molecule has 2 aromatic carbocycles. The van der Waals surface area contributed by atoms with Gasteiger partial charge in [0.25, 0.3) is 0 Å². The minimum absolute atomic E-state index is 0.245. The summed E-state index contributed by atoms with van der Waals surface area (Å²) in [5.41, 5.74) is 1.55. The first-order chi connectivity index (χ1) is 11.4. The second kappa shape index (κ2) is 6.35. The monoisotopic (exact) mass is 348 g/mol. The zero-order chi connectivity index (χ0) is 17.3. The Bertz CT molecular complexity index is 982. The van der Waals surface area contributed by atoms with Crippen LogP contribution in [0.15, 0.2) is 59.6 Å². The summed E-state index contributed by atoms with van der Waals surface area (Å²) >= 11 is 0. The van der Waals surface area contributed by atoms with Crippen molar-refractivity contribution in [2.45, 2.75) is 11.0 Å². The van der Waals surface area contributed by atoms with Crippen LogP contribution in [0.1, 0.15) is 11.7 Å². The number of rotatable bonds is 5. The molecule has 1 heterocycles. The number of nitrogens with zero attached hydrogens (tertiary/aromatic N) is 1. The van der Waals surface area contributed by atoms with Crippen molar-refractivity contribution in [3.63, 3.8) is 0 Å². The van der Waals surface area contributed by atoms with Gasteiger partial charge in [-0.05, 0) is 18.2 Å². The fraction of sp³-hybridized carbons (Fsp3) is 0.176. The number of sulfonamides is 1. The molecule has 7 heteroatoms. The fourth-order valence-corrected chi connectivity index (χ4v) is 3.79.